The van der Waals surface area contributed by atoms with Gasteiger partial charge in [0, 0.05) is 13.1 Å². The average Bonchev–Trinajstić information content (AvgIpc) is 2.63. The molecule has 23 heavy (non-hydrogen) atoms. The van der Waals surface area contributed by atoms with E-state index >= 15 is 0 Å². The monoisotopic (exact) mass is 311 g/mol. The Kier molecular flexibility index (Phi) is 5.35. The lowest BCUT2D eigenvalue weighted by atomic mass is 9.74. The van der Waals surface area contributed by atoms with Gasteiger partial charge in [0.2, 0.25) is 0 Å². The van der Waals surface area contributed by atoms with Crippen molar-refractivity contribution in [3.63, 3.8) is 0 Å². The fraction of sp³-hybridized carbons (Fsp3) is 0.650. The molecule has 0 N–H and O–H groups in total. The van der Waals surface area contributed by atoms with Gasteiger partial charge in [0.25, 0.3) is 0 Å². The van der Waals surface area contributed by atoms with Crippen LogP contribution in [0.2, 0.25) is 0 Å². The van der Waals surface area contributed by atoms with Crippen LogP contribution in [0, 0.1) is 17.2 Å². The van der Waals surface area contributed by atoms with Crippen molar-refractivity contribution < 1.29 is 0 Å². The van der Waals surface area contributed by atoms with Crippen LogP contribution in [0.4, 0.5) is 0 Å². The standard InChI is InChI=1S/C20H29N3/c1-2-22-12-6-7-18(15-22)16-23-13-10-20(17-21,11-14-23)19-8-4-3-5-9-19/h3-5,8-9,18H,2,6-7,10-16H2,1H3/t18-/m1/s1. The summed E-state index contributed by atoms with van der Waals surface area (Å²) in [6.07, 6.45) is 4.66. The fourth-order valence-corrected chi connectivity index (χ4v) is 4.29. The van der Waals surface area contributed by atoms with Crippen LogP contribution in [-0.4, -0.2) is 49.1 Å². The molecule has 1 aromatic carbocycles. The predicted molar refractivity (Wildman–Crippen MR) is 94.2 cm³/mol. The number of likely N-dealkylation sites (tertiary alicyclic amines) is 2. The van der Waals surface area contributed by atoms with E-state index in [0.717, 1.165) is 31.8 Å². The Labute approximate surface area is 140 Å². The molecule has 3 rings (SSSR count). The minimum atomic E-state index is -0.264. The minimum Gasteiger partial charge on any atom is -0.303 e. The smallest absolute Gasteiger partial charge is 0.0846 e. The van der Waals surface area contributed by atoms with Gasteiger partial charge in [-0.1, -0.05) is 37.3 Å². The molecule has 3 heteroatoms. The van der Waals surface area contributed by atoms with E-state index in [-0.39, 0.29) is 5.41 Å². The molecule has 0 saturated carbocycles. The molecule has 0 aromatic heterocycles. The van der Waals surface area contributed by atoms with E-state index in [9.17, 15) is 5.26 Å². The molecule has 124 valence electrons. The van der Waals surface area contributed by atoms with E-state index < -0.39 is 0 Å². The van der Waals surface area contributed by atoms with Crippen molar-refractivity contribution in [1.82, 2.24) is 9.80 Å². The SMILES string of the molecule is CCN1CCC[C@@H](CN2CCC(C#N)(c3ccccc3)CC2)C1. The van der Waals surface area contributed by atoms with Gasteiger partial charge in [-0.2, -0.15) is 5.26 Å². The molecule has 1 aromatic rings. The first-order chi connectivity index (χ1) is 11.3. The molecule has 2 aliphatic heterocycles. The van der Waals surface area contributed by atoms with E-state index in [1.165, 1.54) is 44.6 Å². The number of hydrogen-bond donors (Lipinski definition) is 0. The molecule has 2 fully saturated rings. The zero-order valence-electron chi connectivity index (χ0n) is 14.4. The molecule has 0 aliphatic carbocycles. The molecular weight excluding hydrogens is 282 g/mol. The third-order valence-electron chi connectivity index (χ3n) is 5.82. The van der Waals surface area contributed by atoms with Gasteiger partial charge in [-0.25, -0.2) is 0 Å². The molecule has 0 unspecified atom stereocenters. The molecule has 0 radical (unpaired) electrons. The number of hydrogen-bond acceptors (Lipinski definition) is 3. The number of rotatable bonds is 4. The molecule has 2 heterocycles. The van der Waals surface area contributed by atoms with E-state index in [1.54, 1.807) is 0 Å². The third-order valence-corrected chi connectivity index (χ3v) is 5.82. The van der Waals surface area contributed by atoms with E-state index in [1.807, 2.05) is 6.07 Å². The summed E-state index contributed by atoms with van der Waals surface area (Å²) < 4.78 is 0. The summed E-state index contributed by atoms with van der Waals surface area (Å²) in [5, 5.41) is 9.79. The Morgan fingerprint density at radius 2 is 1.87 bits per heavy atom. The van der Waals surface area contributed by atoms with Crippen LogP contribution in [0.3, 0.4) is 0 Å². The second-order valence-electron chi connectivity index (χ2n) is 7.26. The number of benzene rings is 1. The fourth-order valence-electron chi connectivity index (χ4n) is 4.29. The maximum Gasteiger partial charge on any atom is 0.0846 e. The van der Waals surface area contributed by atoms with E-state index in [4.69, 9.17) is 0 Å². The van der Waals surface area contributed by atoms with Crippen LogP contribution < -0.4 is 0 Å². The van der Waals surface area contributed by atoms with Gasteiger partial charge < -0.3 is 9.80 Å². The highest BCUT2D eigenvalue weighted by atomic mass is 15.2. The summed E-state index contributed by atoms with van der Waals surface area (Å²) in [4.78, 5) is 5.18. The van der Waals surface area contributed by atoms with Crippen LogP contribution in [0.5, 0.6) is 0 Å². The van der Waals surface area contributed by atoms with Crippen molar-refractivity contribution in [2.75, 3.05) is 39.3 Å². The predicted octanol–water partition coefficient (Wildman–Crippen LogP) is 3.28. The van der Waals surface area contributed by atoms with Gasteiger partial charge >= 0.3 is 0 Å². The normalized spacial score (nSPS) is 25.8. The summed E-state index contributed by atoms with van der Waals surface area (Å²) in [5.74, 6) is 0.815. The number of nitriles is 1. The highest BCUT2D eigenvalue weighted by Crippen LogP contribution is 2.35. The lowest BCUT2D eigenvalue weighted by Crippen LogP contribution is -2.46. The van der Waals surface area contributed by atoms with Crippen LogP contribution in [-0.2, 0) is 5.41 Å². The largest absolute Gasteiger partial charge is 0.303 e. The Hall–Kier alpha value is -1.37. The summed E-state index contributed by atoms with van der Waals surface area (Å²) in [5.41, 5.74) is 0.941. The van der Waals surface area contributed by atoms with Crippen molar-refractivity contribution in [1.29, 1.82) is 5.26 Å². The Bertz CT molecular complexity index is 526. The first-order valence-corrected chi connectivity index (χ1v) is 9.17. The minimum absolute atomic E-state index is 0.264. The second-order valence-corrected chi connectivity index (χ2v) is 7.26. The van der Waals surface area contributed by atoms with Gasteiger partial charge in [0.1, 0.15) is 0 Å². The molecular formula is C20H29N3. The number of piperidine rings is 2. The lowest BCUT2D eigenvalue weighted by molar-refractivity contribution is 0.113. The van der Waals surface area contributed by atoms with E-state index in [0.29, 0.717) is 0 Å². The maximum atomic E-state index is 9.79. The van der Waals surface area contributed by atoms with Crippen LogP contribution in [0.25, 0.3) is 0 Å². The summed E-state index contributed by atoms with van der Waals surface area (Å²) >= 11 is 0. The molecule has 2 saturated heterocycles. The molecule has 0 amide bonds. The first-order valence-electron chi connectivity index (χ1n) is 9.17. The Morgan fingerprint density at radius 3 is 2.52 bits per heavy atom. The van der Waals surface area contributed by atoms with Gasteiger partial charge in [-0.15, -0.1) is 0 Å². The van der Waals surface area contributed by atoms with Crippen molar-refractivity contribution in [2.24, 2.45) is 5.92 Å². The molecule has 0 spiro atoms. The maximum absolute atomic E-state index is 9.79. The van der Waals surface area contributed by atoms with Gasteiger partial charge in [-0.3, -0.25) is 0 Å². The van der Waals surface area contributed by atoms with Crippen molar-refractivity contribution in [3.05, 3.63) is 35.9 Å². The average molecular weight is 311 g/mol. The summed E-state index contributed by atoms with van der Waals surface area (Å²) in [6, 6.07) is 13.0. The van der Waals surface area contributed by atoms with Crippen molar-refractivity contribution in [2.45, 2.75) is 38.0 Å². The van der Waals surface area contributed by atoms with Crippen molar-refractivity contribution in [3.8, 4) is 6.07 Å². The summed E-state index contributed by atoms with van der Waals surface area (Å²) in [7, 11) is 0. The second kappa shape index (κ2) is 7.47. The van der Waals surface area contributed by atoms with E-state index in [2.05, 4.69) is 47.1 Å². The van der Waals surface area contributed by atoms with Crippen molar-refractivity contribution >= 4 is 0 Å². The molecule has 0 bridgehead atoms. The Morgan fingerprint density at radius 1 is 1.13 bits per heavy atom. The van der Waals surface area contributed by atoms with Gasteiger partial charge in [0.15, 0.2) is 0 Å². The number of nitrogens with zero attached hydrogens (tertiary/aromatic N) is 3. The zero-order valence-corrected chi connectivity index (χ0v) is 14.4. The Balaban J connectivity index is 1.57. The lowest BCUT2D eigenvalue weighted by Gasteiger charge is -2.40. The van der Waals surface area contributed by atoms with Gasteiger partial charge in [0.05, 0.1) is 11.5 Å². The topological polar surface area (TPSA) is 30.3 Å². The molecule has 3 nitrogen and oxygen atoms in total. The van der Waals surface area contributed by atoms with Gasteiger partial charge in [-0.05, 0) is 63.3 Å². The molecule has 1 atom stereocenters. The quantitative estimate of drug-likeness (QED) is 0.855. The first kappa shape index (κ1) is 16.5. The summed E-state index contributed by atoms with van der Waals surface area (Å²) in [6.45, 7) is 9.32. The highest BCUT2D eigenvalue weighted by molar-refractivity contribution is 5.33. The van der Waals surface area contributed by atoms with Crippen LogP contribution in [0.15, 0.2) is 30.3 Å². The van der Waals surface area contributed by atoms with Crippen LogP contribution in [0.1, 0.15) is 38.2 Å². The zero-order chi connectivity index (χ0) is 16.1. The van der Waals surface area contributed by atoms with Crippen LogP contribution >= 0.6 is 0 Å². The third kappa shape index (κ3) is 3.76. The molecule has 2 aliphatic rings. The highest BCUT2D eigenvalue weighted by Gasteiger charge is 2.36.